The summed E-state index contributed by atoms with van der Waals surface area (Å²) in [6.45, 7) is 8.84. The van der Waals surface area contributed by atoms with E-state index in [1.165, 1.54) is 43.9 Å². The first-order chi connectivity index (χ1) is 20.8. The Kier molecular flexibility index (Phi) is 8.24. The molecule has 244 valence electrons. The molecule has 2 aliphatic heterocycles. The van der Waals surface area contributed by atoms with Crippen molar-refractivity contribution in [1.82, 2.24) is 25.8 Å². The van der Waals surface area contributed by atoms with Crippen molar-refractivity contribution in [3.8, 4) is 0 Å². The van der Waals surface area contributed by atoms with E-state index in [4.69, 9.17) is 0 Å². The smallest absolute Gasteiger partial charge is 0.356 e. The molecule has 3 aliphatic rings. The Labute approximate surface area is 260 Å². The predicted molar refractivity (Wildman–Crippen MR) is 155 cm³/mol. The van der Waals surface area contributed by atoms with Gasteiger partial charge in [-0.2, -0.15) is 13.2 Å². The maximum Gasteiger partial charge on any atom is 0.471 e. The molecule has 0 spiro atoms. The molecule has 1 aromatic carbocycles. The SMILES string of the molecule is CC(C)(C)[C@H](NC(=O)C(F)(F)F)C(=O)N1C[C@H]2[C@@H]([C@H]1C(=O)N[C@@H](C[C@@H]1CCNC1=O)C(=O)c1nc3cc(F)ccc3s1)C2(C)C. The third-order valence-electron chi connectivity index (χ3n) is 9.28. The second-order valence-corrected chi connectivity index (χ2v) is 14.8. The van der Waals surface area contributed by atoms with E-state index >= 15 is 0 Å². The molecule has 2 aromatic rings. The summed E-state index contributed by atoms with van der Waals surface area (Å²) in [6, 6.07) is -0.0532. The fourth-order valence-corrected chi connectivity index (χ4v) is 7.58. The Morgan fingerprint density at radius 1 is 1.16 bits per heavy atom. The van der Waals surface area contributed by atoms with Crippen LogP contribution in [0.15, 0.2) is 18.2 Å². The number of piperidine rings is 1. The molecule has 3 heterocycles. The van der Waals surface area contributed by atoms with Crippen molar-refractivity contribution in [3.05, 3.63) is 29.0 Å². The highest BCUT2D eigenvalue weighted by Crippen LogP contribution is 2.65. The van der Waals surface area contributed by atoms with Gasteiger partial charge < -0.3 is 20.9 Å². The van der Waals surface area contributed by atoms with E-state index in [2.05, 4.69) is 15.6 Å². The molecule has 1 aromatic heterocycles. The highest BCUT2D eigenvalue weighted by molar-refractivity contribution is 7.20. The molecule has 45 heavy (non-hydrogen) atoms. The fraction of sp³-hybridized carbons (Fsp3) is 0.600. The summed E-state index contributed by atoms with van der Waals surface area (Å²) in [4.78, 5) is 71.5. The Balaban J connectivity index is 1.44. The molecule has 2 saturated heterocycles. The van der Waals surface area contributed by atoms with Gasteiger partial charge in [0, 0.05) is 25.1 Å². The van der Waals surface area contributed by atoms with Crippen LogP contribution in [0.25, 0.3) is 10.2 Å². The van der Waals surface area contributed by atoms with Gasteiger partial charge in [-0.3, -0.25) is 24.0 Å². The number of ketones is 1. The predicted octanol–water partition coefficient (Wildman–Crippen LogP) is 3.21. The van der Waals surface area contributed by atoms with Crippen molar-refractivity contribution in [1.29, 1.82) is 0 Å². The Morgan fingerprint density at radius 3 is 2.44 bits per heavy atom. The first-order valence-corrected chi connectivity index (χ1v) is 15.5. The number of hydrogen-bond donors (Lipinski definition) is 3. The molecule has 3 fully saturated rings. The number of carbonyl (C=O) groups is 5. The maximum absolute atomic E-state index is 14.1. The van der Waals surface area contributed by atoms with Crippen molar-refractivity contribution >= 4 is 51.0 Å². The minimum absolute atomic E-state index is 0.00551. The highest BCUT2D eigenvalue weighted by atomic mass is 32.1. The van der Waals surface area contributed by atoms with Crippen LogP contribution in [0.4, 0.5) is 17.6 Å². The number of halogens is 4. The molecule has 3 N–H and O–H groups in total. The summed E-state index contributed by atoms with van der Waals surface area (Å²) < 4.78 is 53.9. The normalized spacial score (nSPS) is 25.4. The molecule has 0 bridgehead atoms. The number of aromatic nitrogens is 1. The van der Waals surface area contributed by atoms with Crippen molar-refractivity contribution in [2.75, 3.05) is 13.1 Å². The average molecular weight is 654 g/mol. The summed E-state index contributed by atoms with van der Waals surface area (Å²) in [6.07, 6.45) is -4.84. The monoisotopic (exact) mass is 653 g/mol. The quantitative estimate of drug-likeness (QED) is 0.296. The molecule has 0 unspecified atom stereocenters. The first-order valence-electron chi connectivity index (χ1n) is 14.7. The zero-order chi connectivity index (χ0) is 33.2. The number of thiazole rings is 1. The summed E-state index contributed by atoms with van der Waals surface area (Å²) >= 11 is 1.01. The largest absolute Gasteiger partial charge is 0.471 e. The van der Waals surface area contributed by atoms with Gasteiger partial charge in [-0.25, -0.2) is 9.37 Å². The lowest BCUT2D eigenvalue weighted by Gasteiger charge is -2.38. The topological polar surface area (TPSA) is 138 Å². The van der Waals surface area contributed by atoms with E-state index in [0.717, 1.165) is 11.3 Å². The molecule has 5 rings (SSSR count). The fourth-order valence-electron chi connectivity index (χ4n) is 6.64. The van der Waals surface area contributed by atoms with Crippen LogP contribution in [-0.2, 0) is 19.2 Å². The van der Waals surface area contributed by atoms with Gasteiger partial charge in [0.2, 0.25) is 23.5 Å². The zero-order valence-electron chi connectivity index (χ0n) is 25.4. The van der Waals surface area contributed by atoms with E-state index in [0.29, 0.717) is 17.7 Å². The molecular weight excluding hydrogens is 618 g/mol. The average Bonchev–Trinajstić information content (AvgIpc) is 3.44. The highest BCUT2D eigenvalue weighted by Gasteiger charge is 2.70. The van der Waals surface area contributed by atoms with Crippen molar-refractivity contribution in [3.63, 3.8) is 0 Å². The lowest BCUT2D eigenvalue weighted by Crippen LogP contribution is -2.61. The van der Waals surface area contributed by atoms with E-state index in [1.807, 2.05) is 19.2 Å². The van der Waals surface area contributed by atoms with Gasteiger partial charge >= 0.3 is 12.1 Å². The maximum atomic E-state index is 14.1. The minimum atomic E-state index is -5.22. The molecule has 0 radical (unpaired) electrons. The standard InChI is InChI=1S/C30H35F4N5O5S/c1-28(2,3)22(38-27(44)30(32,33)34)26(43)39-12-15-19(29(15,4)5)20(39)24(42)36-17(10-13-8-9-35-23(13)41)21(40)25-37-16-11-14(31)6-7-18(16)45-25/h6-7,11,13,15,17,19-20,22H,8-10,12H2,1-5H3,(H,35,41)(H,36,42)(H,38,44)/t13-,15-,17-,19-,20-,22+/m0/s1. The Bertz CT molecular complexity index is 1570. The third-order valence-corrected chi connectivity index (χ3v) is 10.3. The third kappa shape index (κ3) is 6.27. The number of nitrogens with one attached hydrogen (secondary N) is 3. The second-order valence-electron chi connectivity index (χ2n) is 13.7. The molecule has 1 saturated carbocycles. The summed E-state index contributed by atoms with van der Waals surface area (Å²) in [5.41, 5.74) is -1.24. The van der Waals surface area contributed by atoms with Gasteiger partial charge in [0.1, 0.15) is 17.9 Å². The van der Waals surface area contributed by atoms with Crippen molar-refractivity contribution in [2.24, 2.45) is 28.6 Å². The number of hydrogen-bond acceptors (Lipinski definition) is 7. The molecule has 15 heteroatoms. The van der Waals surface area contributed by atoms with Gasteiger partial charge in [0.15, 0.2) is 5.01 Å². The van der Waals surface area contributed by atoms with Gasteiger partial charge in [-0.05, 0) is 47.6 Å². The zero-order valence-corrected chi connectivity index (χ0v) is 26.2. The number of rotatable bonds is 8. The van der Waals surface area contributed by atoms with E-state index < -0.39 is 65.0 Å². The van der Waals surface area contributed by atoms with Crippen LogP contribution in [0, 0.1) is 34.4 Å². The van der Waals surface area contributed by atoms with E-state index in [1.54, 1.807) is 0 Å². The summed E-state index contributed by atoms with van der Waals surface area (Å²) in [5, 5.41) is 7.27. The lowest BCUT2D eigenvalue weighted by molar-refractivity contribution is -0.176. The second kappa shape index (κ2) is 11.3. The van der Waals surface area contributed by atoms with Crippen LogP contribution < -0.4 is 16.0 Å². The number of fused-ring (bicyclic) bond motifs is 2. The molecule has 10 nitrogen and oxygen atoms in total. The Hall–Kier alpha value is -3.62. The number of likely N-dealkylation sites (tertiary alicyclic amines) is 1. The van der Waals surface area contributed by atoms with Crippen LogP contribution in [0.5, 0.6) is 0 Å². The van der Waals surface area contributed by atoms with Crippen molar-refractivity contribution < 1.29 is 41.5 Å². The van der Waals surface area contributed by atoms with Gasteiger partial charge in [0.05, 0.1) is 16.3 Å². The van der Waals surface area contributed by atoms with Crippen LogP contribution in [0.1, 0.15) is 57.3 Å². The van der Waals surface area contributed by atoms with Crippen LogP contribution >= 0.6 is 11.3 Å². The Morgan fingerprint density at radius 2 is 1.84 bits per heavy atom. The van der Waals surface area contributed by atoms with Gasteiger partial charge in [-0.15, -0.1) is 11.3 Å². The summed E-state index contributed by atoms with van der Waals surface area (Å²) in [5.74, 6) is -6.26. The van der Waals surface area contributed by atoms with Crippen LogP contribution in [0.3, 0.4) is 0 Å². The van der Waals surface area contributed by atoms with Crippen LogP contribution in [0.2, 0.25) is 0 Å². The number of amides is 4. The number of carbonyl (C=O) groups excluding carboxylic acids is 5. The van der Waals surface area contributed by atoms with E-state index in [9.17, 15) is 41.5 Å². The van der Waals surface area contributed by atoms with Crippen molar-refractivity contribution in [2.45, 2.75) is 71.8 Å². The number of alkyl halides is 3. The molecule has 1 aliphatic carbocycles. The molecule has 6 atom stereocenters. The number of benzene rings is 1. The van der Waals surface area contributed by atoms with Gasteiger partial charge in [0.25, 0.3) is 0 Å². The number of Topliss-reactive ketones (excluding diaryl/α,β-unsaturated/α-hetero) is 1. The lowest BCUT2D eigenvalue weighted by atomic mass is 9.85. The molecule has 4 amide bonds. The minimum Gasteiger partial charge on any atom is -0.356 e. The van der Waals surface area contributed by atoms with Crippen LogP contribution in [-0.4, -0.2) is 76.7 Å². The number of nitrogens with zero attached hydrogens (tertiary/aromatic N) is 2. The molecular formula is C30H35F4N5O5S. The van der Waals surface area contributed by atoms with Gasteiger partial charge in [-0.1, -0.05) is 34.6 Å². The van der Waals surface area contributed by atoms with E-state index in [-0.39, 0.29) is 46.6 Å². The first kappa shape index (κ1) is 32.8. The summed E-state index contributed by atoms with van der Waals surface area (Å²) in [7, 11) is 0.